The molecule has 0 unspecified atom stereocenters. The summed E-state index contributed by atoms with van der Waals surface area (Å²) in [6.45, 7) is 1.16. The van der Waals surface area contributed by atoms with Crippen LogP contribution < -0.4 is 27.7 Å². The zero-order valence-electron chi connectivity index (χ0n) is 19.9. The van der Waals surface area contributed by atoms with Gasteiger partial charge in [-0.1, -0.05) is 6.07 Å². The lowest BCUT2D eigenvalue weighted by atomic mass is 10.2. The van der Waals surface area contributed by atoms with Crippen molar-refractivity contribution in [3.63, 3.8) is 0 Å². The number of nitrogens with one attached hydrogen (secondary N) is 3. The minimum atomic E-state index is -5.08. The summed E-state index contributed by atoms with van der Waals surface area (Å²) in [5.41, 5.74) is 11.9. The number of alkyl halides is 6. The standard InChI is InChI=1S/C17H19N7O2.2C2HF3O2/c18-6-2-7-21-17-23-12-5-8-20-16(26)13(12)15(24-17)22-11-4-1-3-10(9-11)14(19)25;2*3-2(4,5)1(6)7/h1,3-5,8-9H,2,6-7,18H2,(H2,19,25)(H,20,26)(H2,21,22,23,24);2*(H,6,7). The summed E-state index contributed by atoms with van der Waals surface area (Å²) in [6, 6.07) is 8.33. The lowest BCUT2D eigenvalue weighted by molar-refractivity contribution is -0.193. The van der Waals surface area contributed by atoms with Crippen LogP contribution in [-0.4, -0.2) is 68.5 Å². The van der Waals surface area contributed by atoms with Crippen LogP contribution in [0.1, 0.15) is 16.8 Å². The maximum Gasteiger partial charge on any atom is 0.490 e. The topological polar surface area (TPSA) is 226 Å². The molecule has 218 valence electrons. The van der Waals surface area contributed by atoms with Gasteiger partial charge >= 0.3 is 24.3 Å². The van der Waals surface area contributed by atoms with Gasteiger partial charge in [0, 0.05) is 24.0 Å². The number of aromatic amines is 1. The number of halogens is 6. The zero-order chi connectivity index (χ0) is 30.7. The summed E-state index contributed by atoms with van der Waals surface area (Å²) >= 11 is 0. The predicted molar refractivity (Wildman–Crippen MR) is 128 cm³/mol. The van der Waals surface area contributed by atoms with E-state index in [9.17, 15) is 35.9 Å². The van der Waals surface area contributed by atoms with Gasteiger partial charge in [0.2, 0.25) is 11.9 Å². The second-order valence-electron chi connectivity index (χ2n) is 7.21. The number of nitrogens with zero attached hydrogens (tertiary/aromatic N) is 2. The number of hydrogen-bond donors (Lipinski definition) is 7. The fraction of sp³-hybridized carbons (Fsp3) is 0.238. The number of carbonyl (C=O) groups excluding carboxylic acids is 1. The number of H-pyrrole nitrogens is 1. The number of fused-ring (bicyclic) bond motifs is 1. The number of rotatable bonds is 7. The van der Waals surface area contributed by atoms with Crippen LogP contribution >= 0.6 is 0 Å². The molecule has 2 aromatic heterocycles. The van der Waals surface area contributed by atoms with Crippen molar-refractivity contribution in [2.75, 3.05) is 23.7 Å². The highest BCUT2D eigenvalue weighted by atomic mass is 19.4. The molecule has 0 bridgehead atoms. The van der Waals surface area contributed by atoms with Gasteiger partial charge in [-0.3, -0.25) is 9.59 Å². The normalized spacial score (nSPS) is 10.9. The molecule has 0 spiro atoms. The number of carboxylic acids is 2. The number of pyridine rings is 1. The number of primary amides is 1. The molecule has 0 aliphatic rings. The Hall–Kier alpha value is -4.94. The van der Waals surface area contributed by atoms with E-state index in [2.05, 4.69) is 25.6 Å². The molecular weight excluding hydrogens is 560 g/mol. The van der Waals surface area contributed by atoms with Gasteiger partial charge in [-0.2, -0.15) is 31.3 Å². The van der Waals surface area contributed by atoms with E-state index in [0.717, 1.165) is 6.42 Å². The lowest BCUT2D eigenvalue weighted by Gasteiger charge is -2.11. The van der Waals surface area contributed by atoms with Crippen LogP contribution in [0.25, 0.3) is 10.9 Å². The Morgan fingerprint density at radius 1 is 0.975 bits per heavy atom. The summed E-state index contributed by atoms with van der Waals surface area (Å²) in [4.78, 5) is 52.8. The Labute approximate surface area is 219 Å². The van der Waals surface area contributed by atoms with E-state index in [1.165, 1.54) is 6.20 Å². The van der Waals surface area contributed by atoms with Gasteiger partial charge in [0.25, 0.3) is 5.56 Å². The second-order valence-corrected chi connectivity index (χ2v) is 7.21. The van der Waals surface area contributed by atoms with Gasteiger partial charge in [-0.25, -0.2) is 14.6 Å². The first kappa shape index (κ1) is 33.1. The summed E-state index contributed by atoms with van der Waals surface area (Å²) in [6.07, 6.45) is -7.88. The maximum absolute atomic E-state index is 12.2. The number of nitrogens with two attached hydrogens (primary N) is 2. The molecule has 0 aliphatic heterocycles. The van der Waals surface area contributed by atoms with E-state index in [-0.39, 0.29) is 5.56 Å². The van der Waals surface area contributed by atoms with Crippen LogP contribution in [0.3, 0.4) is 0 Å². The van der Waals surface area contributed by atoms with Crippen LogP contribution in [0.2, 0.25) is 0 Å². The Morgan fingerprint density at radius 2 is 1.55 bits per heavy atom. The highest BCUT2D eigenvalue weighted by molar-refractivity contribution is 5.95. The Bertz CT molecular complexity index is 1370. The first-order valence-corrected chi connectivity index (χ1v) is 10.6. The summed E-state index contributed by atoms with van der Waals surface area (Å²) < 4.78 is 63.5. The third kappa shape index (κ3) is 10.8. The van der Waals surface area contributed by atoms with Gasteiger partial charge in [-0.15, -0.1) is 0 Å². The van der Waals surface area contributed by atoms with Crippen LogP contribution in [0.5, 0.6) is 0 Å². The van der Waals surface area contributed by atoms with Gasteiger partial charge < -0.3 is 37.3 Å². The SMILES string of the molecule is NCCCNc1nc(Nc2cccc(C(N)=O)c2)c2c(=O)[nH]ccc2n1.O=C(O)C(F)(F)F.O=C(O)C(F)(F)F. The Morgan fingerprint density at radius 3 is 2.05 bits per heavy atom. The molecule has 19 heteroatoms. The molecule has 1 amide bonds. The smallest absolute Gasteiger partial charge is 0.475 e. The average molecular weight is 581 g/mol. The number of carboxylic acid groups (broad SMARTS) is 2. The fourth-order valence-corrected chi connectivity index (χ4v) is 2.45. The van der Waals surface area contributed by atoms with Crippen LogP contribution in [0.4, 0.5) is 43.8 Å². The molecular formula is C21H21F6N7O6. The average Bonchev–Trinajstić information content (AvgIpc) is 2.84. The fourth-order valence-electron chi connectivity index (χ4n) is 2.45. The molecule has 3 aromatic rings. The van der Waals surface area contributed by atoms with Crippen molar-refractivity contribution in [1.82, 2.24) is 15.0 Å². The first-order valence-electron chi connectivity index (χ1n) is 10.6. The highest BCUT2D eigenvalue weighted by Crippen LogP contribution is 2.23. The molecule has 0 saturated carbocycles. The van der Waals surface area contributed by atoms with E-state index >= 15 is 0 Å². The monoisotopic (exact) mass is 581 g/mol. The zero-order valence-corrected chi connectivity index (χ0v) is 19.9. The number of anilines is 3. The van der Waals surface area contributed by atoms with Crippen molar-refractivity contribution < 1.29 is 50.9 Å². The molecule has 0 radical (unpaired) electrons. The second kappa shape index (κ2) is 14.3. The molecule has 9 N–H and O–H groups in total. The number of amides is 1. The van der Waals surface area contributed by atoms with E-state index in [1.54, 1.807) is 30.3 Å². The number of hydrogen-bond acceptors (Lipinski definition) is 9. The van der Waals surface area contributed by atoms with Crippen molar-refractivity contribution in [1.29, 1.82) is 0 Å². The lowest BCUT2D eigenvalue weighted by Crippen LogP contribution is -2.21. The Balaban J connectivity index is 0.000000473. The molecule has 0 fully saturated rings. The summed E-state index contributed by atoms with van der Waals surface area (Å²) in [5, 5.41) is 20.7. The molecule has 13 nitrogen and oxygen atoms in total. The largest absolute Gasteiger partial charge is 0.490 e. The van der Waals surface area contributed by atoms with E-state index < -0.39 is 30.2 Å². The van der Waals surface area contributed by atoms with E-state index in [0.29, 0.717) is 47.0 Å². The molecule has 0 atom stereocenters. The van der Waals surface area contributed by atoms with Crippen LogP contribution in [0.15, 0.2) is 41.3 Å². The maximum atomic E-state index is 12.2. The highest BCUT2D eigenvalue weighted by Gasteiger charge is 2.38. The van der Waals surface area contributed by atoms with Gasteiger partial charge in [-0.05, 0) is 37.2 Å². The third-order valence-corrected chi connectivity index (χ3v) is 4.18. The van der Waals surface area contributed by atoms with Gasteiger partial charge in [0.1, 0.15) is 11.2 Å². The van der Waals surface area contributed by atoms with E-state index in [1.807, 2.05) is 0 Å². The van der Waals surface area contributed by atoms with Crippen molar-refractivity contribution in [2.45, 2.75) is 18.8 Å². The molecule has 0 aliphatic carbocycles. The van der Waals surface area contributed by atoms with Crippen molar-refractivity contribution in [3.05, 3.63) is 52.4 Å². The molecule has 0 saturated heterocycles. The molecule has 2 heterocycles. The summed E-state index contributed by atoms with van der Waals surface area (Å²) in [7, 11) is 0. The number of aromatic nitrogens is 3. The quantitative estimate of drug-likeness (QED) is 0.158. The minimum absolute atomic E-state index is 0.315. The summed E-state index contributed by atoms with van der Waals surface area (Å²) in [5.74, 6) is -5.35. The number of benzene rings is 1. The van der Waals surface area contributed by atoms with E-state index in [4.69, 9.17) is 31.3 Å². The van der Waals surface area contributed by atoms with Crippen LogP contribution in [-0.2, 0) is 9.59 Å². The van der Waals surface area contributed by atoms with Crippen molar-refractivity contribution >= 4 is 46.2 Å². The molecule has 3 rings (SSSR count). The predicted octanol–water partition coefficient (Wildman–Crippen LogP) is 2.19. The van der Waals surface area contributed by atoms with Crippen LogP contribution in [0, 0.1) is 0 Å². The van der Waals surface area contributed by atoms with Gasteiger partial charge in [0.15, 0.2) is 0 Å². The van der Waals surface area contributed by atoms with Crippen molar-refractivity contribution in [3.8, 4) is 0 Å². The number of aliphatic carboxylic acids is 2. The Kier molecular flexibility index (Phi) is 11.8. The molecule has 40 heavy (non-hydrogen) atoms. The van der Waals surface area contributed by atoms with Crippen molar-refractivity contribution in [2.24, 2.45) is 11.5 Å². The number of carbonyl (C=O) groups is 3. The van der Waals surface area contributed by atoms with Gasteiger partial charge in [0.05, 0.1) is 5.52 Å². The third-order valence-electron chi connectivity index (χ3n) is 4.18. The first-order chi connectivity index (χ1) is 18.5. The minimum Gasteiger partial charge on any atom is -0.475 e. The molecule has 1 aromatic carbocycles.